The highest BCUT2D eigenvalue weighted by Crippen LogP contribution is 2.35. The predicted molar refractivity (Wildman–Crippen MR) is 79.2 cm³/mol. The molecule has 3 rings (SSSR count). The number of nitrogens with zero attached hydrogens (tertiary/aromatic N) is 2. The van der Waals surface area contributed by atoms with Crippen LogP contribution < -0.4 is 0 Å². The standard InChI is InChI=1S/C17H20N2O2/c1-3-15(20)11(2)17-18-16(19-21-17)14-10-6-8-12-7-4-5-9-13(12)14/h4-5,7,9,11,14H,3,6,8,10H2,1-2H3. The molecule has 0 N–H and O–H groups in total. The first-order valence-corrected chi connectivity index (χ1v) is 7.64. The largest absolute Gasteiger partial charge is 0.339 e. The Balaban J connectivity index is 1.89. The summed E-state index contributed by atoms with van der Waals surface area (Å²) in [5.41, 5.74) is 2.67. The van der Waals surface area contributed by atoms with Crippen LogP contribution in [0.5, 0.6) is 0 Å². The van der Waals surface area contributed by atoms with Crippen LogP contribution in [0.15, 0.2) is 28.8 Å². The van der Waals surface area contributed by atoms with Gasteiger partial charge >= 0.3 is 0 Å². The molecule has 2 unspecified atom stereocenters. The van der Waals surface area contributed by atoms with Crippen LogP contribution in [-0.4, -0.2) is 15.9 Å². The molecule has 4 nitrogen and oxygen atoms in total. The first-order chi connectivity index (χ1) is 10.2. The molecule has 21 heavy (non-hydrogen) atoms. The Morgan fingerprint density at radius 3 is 3.05 bits per heavy atom. The number of fused-ring (bicyclic) bond motifs is 1. The van der Waals surface area contributed by atoms with Crippen molar-refractivity contribution in [3.05, 3.63) is 47.1 Å². The second-order valence-electron chi connectivity index (χ2n) is 5.68. The quantitative estimate of drug-likeness (QED) is 0.860. The molecule has 0 spiro atoms. The van der Waals surface area contributed by atoms with Gasteiger partial charge in [-0.3, -0.25) is 4.79 Å². The second-order valence-corrected chi connectivity index (χ2v) is 5.68. The number of hydrogen-bond acceptors (Lipinski definition) is 4. The number of rotatable bonds is 4. The third-order valence-corrected chi connectivity index (χ3v) is 4.34. The molecule has 4 heteroatoms. The van der Waals surface area contributed by atoms with E-state index in [0.717, 1.165) is 19.3 Å². The molecule has 110 valence electrons. The van der Waals surface area contributed by atoms with E-state index in [0.29, 0.717) is 18.1 Å². The molecule has 0 saturated carbocycles. The number of hydrogen-bond donors (Lipinski definition) is 0. The van der Waals surface area contributed by atoms with Gasteiger partial charge in [-0.25, -0.2) is 0 Å². The fourth-order valence-electron chi connectivity index (χ4n) is 3.03. The number of benzene rings is 1. The Labute approximate surface area is 124 Å². The van der Waals surface area contributed by atoms with Gasteiger partial charge in [0.05, 0.1) is 5.92 Å². The number of Topliss-reactive ketones (excluding diaryl/α,β-unsaturated/α-hetero) is 1. The fourth-order valence-corrected chi connectivity index (χ4v) is 3.03. The fraction of sp³-hybridized carbons (Fsp3) is 0.471. The van der Waals surface area contributed by atoms with Crippen molar-refractivity contribution >= 4 is 5.78 Å². The van der Waals surface area contributed by atoms with Gasteiger partial charge in [-0.1, -0.05) is 36.3 Å². The van der Waals surface area contributed by atoms with E-state index in [4.69, 9.17) is 4.52 Å². The highest BCUT2D eigenvalue weighted by atomic mass is 16.5. The minimum atomic E-state index is -0.310. The lowest BCUT2D eigenvalue weighted by atomic mass is 9.82. The average molecular weight is 284 g/mol. The summed E-state index contributed by atoms with van der Waals surface area (Å²) >= 11 is 0. The first-order valence-electron chi connectivity index (χ1n) is 7.64. The van der Waals surface area contributed by atoms with E-state index in [-0.39, 0.29) is 17.6 Å². The van der Waals surface area contributed by atoms with Crippen LogP contribution in [0.2, 0.25) is 0 Å². The Bertz CT molecular complexity index is 648. The molecule has 1 aliphatic rings. The summed E-state index contributed by atoms with van der Waals surface area (Å²) in [6, 6.07) is 8.45. The molecule has 0 amide bonds. The van der Waals surface area contributed by atoms with Gasteiger partial charge in [0.2, 0.25) is 5.89 Å². The summed E-state index contributed by atoms with van der Waals surface area (Å²) < 4.78 is 5.34. The van der Waals surface area contributed by atoms with Gasteiger partial charge in [0.15, 0.2) is 5.82 Å². The van der Waals surface area contributed by atoms with Gasteiger partial charge < -0.3 is 4.52 Å². The van der Waals surface area contributed by atoms with Gasteiger partial charge in [-0.2, -0.15) is 4.98 Å². The molecular weight excluding hydrogens is 264 g/mol. The second kappa shape index (κ2) is 5.80. The van der Waals surface area contributed by atoms with Crippen molar-refractivity contribution in [3.63, 3.8) is 0 Å². The van der Waals surface area contributed by atoms with E-state index < -0.39 is 0 Å². The zero-order valence-corrected chi connectivity index (χ0v) is 12.5. The molecular formula is C17H20N2O2. The van der Waals surface area contributed by atoms with Crippen LogP contribution in [0.1, 0.15) is 67.8 Å². The van der Waals surface area contributed by atoms with Crippen molar-refractivity contribution in [2.75, 3.05) is 0 Å². The minimum Gasteiger partial charge on any atom is -0.339 e. The van der Waals surface area contributed by atoms with Crippen LogP contribution in [0.3, 0.4) is 0 Å². The third kappa shape index (κ3) is 2.62. The van der Waals surface area contributed by atoms with Crippen LogP contribution >= 0.6 is 0 Å². The molecule has 1 aromatic carbocycles. The zero-order valence-electron chi connectivity index (χ0n) is 12.5. The summed E-state index contributed by atoms with van der Waals surface area (Å²) in [5.74, 6) is 1.17. The Morgan fingerprint density at radius 2 is 2.24 bits per heavy atom. The summed E-state index contributed by atoms with van der Waals surface area (Å²) in [6.07, 6.45) is 3.77. The number of carbonyl (C=O) groups is 1. The lowest BCUT2D eigenvalue weighted by Gasteiger charge is -2.22. The van der Waals surface area contributed by atoms with Crippen LogP contribution in [0, 0.1) is 0 Å². The molecule has 0 aliphatic heterocycles. The normalized spacial score (nSPS) is 19.0. The van der Waals surface area contributed by atoms with Crippen LogP contribution in [0.4, 0.5) is 0 Å². The number of aromatic nitrogens is 2. The number of aryl methyl sites for hydroxylation is 1. The van der Waals surface area contributed by atoms with Crippen LogP contribution in [0.25, 0.3) is 0 Å². The molecule has 1 aromatic heterocycles. The molecule has 1 aliphatic carbocycles. The van der Waals surface area contributed by atoms with Crippen molar-refractivity contribution in [2.45, 2.75) is 51.4 Å². The molecule has 2 atom stereocenters. The highest BCUT2D eigenvalue weighted by Gasteiger charge is 2.27. The SMILES string of the molecule is CCC(=O)C(C)c1nc(C2CCCc3ccccc32)no1. The highest BCUT2D eigenvalue weighted by molar-refractivity contribution is 5.83. The molecule has 0 saturated heterocycles. The van der Waals surface area contributed by atoms with Gasteiger partial charge in [-0.15, -0.1) is 0 Å². The maximum atomic E-state index is 11.8. The van der Waals surface area contributed by atoms with E-state index in [1.165, 1.54) is 11.1 Å². The first kappa shape index (κ1) is 14.0. The van der Waals surface area contributed by atoms with Crippen molar-refractivity contribution in [2.24, 2.45) is 0 Å². The summed E-state index contributed by atoms with van der Waals surface area (Å²) in [7, 11) is 0. The summed E-state index contributed by atoms with van der Waals surface area (Å²) in [4.78, 5) is 16.3. The van der Waals surface area contributed by atoms with Gasteiger partial charge in [-0.05, 0) is 37.3 Å². The predicted octanol–water partition coefficient (Wildman–Crippen LogP) is 3.62. The number of ketones is 1. The van der Waals surface area contributed by atoms with Crippen molar-refractivity contribution < 1.29 is 9.32 Å². The van der Waals surface area contributed by atoms with E-state index in [9.17, 15) is 4.79 Å². The maximum absolute atomic E-state index is 11.8. The van der Waals surface area contributed by atoms with E-state index >= 15 is 0 Å². The van der Waals surface area contributed by atoms with E-state index in [1.807, 2.05) is 13.8 Å². The summed E-state index contributed by atoms with van der Waals surface area (Å²) in [6.45, 7) is 3.69. The Kier molecular flexibility index (Phi) is 3.86. The third-order valence-electron chi connectivity index (χ3n) is 4.34. The summed E-state index contributed by atoms with van der Waals surface area (Å²) in [5, 5.41) is 4.14. The smallest absolute Gasteiger partial charge is 0.236 e. The van der Waals surface area contributed by atoms with E-state index in [2.05, 4.69) is 34.4 Å². The molecule has 2 aromatic rings. The molecule has 1 heterocycles. The maximum Gasteiger partial charge on any atom is 0.236 e. The lowest BCUT2D eigenvalue weighted by molar-refractivity contribution is -0.120. The van der Waals surface area contributed by atoms with Crippen LogP contribution in [-0.2, 0) is 11.2 Å². The van der Waals surface area contributed by atoms with Crippen molar-refractivity contribution in [1.29, 1.82) is 0 Å². The molecule has 0 bridgehead atoms. The monoisotopic (exact) mass is 284 g/mol. The lowest BCUT2D eigenvalue weighted by Crippen LogP contribution is -2.13. The van der Waals surface area contributed by atoms with E-state index in [1.54, 1.807) is 0 Å². The Morgan fingerprint density at radius 1 is 1.43 bits per heavy atom. The van der Waals surface area contributed by atoms with Gasteiger partial charge in [0, 0.05) is 12.3 Å². The van der Waals surface area contributed by atoms with Gasteiger partial charge in [0.1, 0.15) is 5.78 Å². The van der Waals surface area contributed by atoms with Crippen molar-refractivity contribution in [3.8, 4) is 0 Å². The van der Waals surface area contributed by atoms with Gasteiger partial charge in [0.25, 0.3) is 0 Å². The molecule has 0 fully saturated rings. The minimum absolute atomic E-state index is 0.134. The topological polar surface area (TPSA) is 56.0 Å². The Hall–Kier alpha value is -1.97. The average Bonchev–Trinajstić information content (AvgIpc) is 3.02. The zero-order chi connectivity index (χ0) is 14.8. The molecule has 0 radical (unpaired) electrons. The van der Waals surface area contributed by atoms with Crippen molar-refractivity contribution in [1.82, 2.24) is 10.1 Å². The number of carbonyl (C=O) groups excluding carboxylic acids is 1.